The van der Waals surface area contributed by atoms with Crippen molar-refractivity contribution in [1.82, 2.24) is 15.2 Å². The summed E-state index contributed by atoms with van der Waals surface area (Å²) < 4.78 is 38.0. The summed E-state index contributed by atoms with van der Waals surface area (Å²) in [4.78, 5) is 14.9. The zero-order valence-electron chi connectivity index (χ0n) is 9.62. The molecular weight excluding hydrogens is 263 g/mol. The Bertz CT molecular complexity index is 634. The van der Waals surface area contributed by atoms with E-state index < -0.39 is 23.4 Å². The molecule has 2 aromatic rings. The molecule has 0 aromatic carbocycles. The van der Waals surface area contributed by atoms with Gasteiger partial charge in [0.25, 0.3) is 0 Å². The highest BCUT2D eigenvalue weighted by atomic mass is 19.4. The van der Waals surface area contributed by atoms with Gasteiger partial charge < -0.3 is 5.11 Å². The van der Waals surface area contributed by atoms with Crippen LogP contribution in [0.4, 0.5) is 13.2 Å². The number of aromatic nitrogens is 3. The highest BCUT2D eigenvalue weighted by Crippen LogP contribution is 2.35. The fourth-order valence-electron chi connectivity index (χ4n) is 1.66. The van der Waals surface area contributed by atoms with Gasteiger partial charge in [-0.25, -0.2) is 4.79 Å². The Hall–Kier alpha value is -2.38. The lowest BCUT2D eigenvalue weighted by Crippen LogP contribution is -2.12. The first-order valence-corrected chi connectivity index (χ1v) is 5.13. The number of halogens is 3. The van der Waals surface area contributed by atoms with E-state index in [1.54, 1.807) is 24.2 Å². The first-order chi connectivity index (χ1) is 8.82. The molecule has 0 aliphatic heterocycles. The average Bonchev–Trinajstić information content (AvgIpc) is 2.73. The summed E-state index contributed by atoms with van der Waals surface area (Å²) in [5, 5.41) is 14.1. The molecule has 2 heterocycles. The van der Waals surface area contributed by atoms with Crippen LogP contribution in [0, 0.1) is 6.92 Å². The number of hydrogen-bond donors (Lipinski definition) is 2. The maximum Gasteiger partial charge on any atom is 0.433 e. The van der Waals surface area contributed by atoms with E-state index in [0.29, 0.717) is 5.56 Å². The summed E-state index contributed by atoms with van der Waals surface area (Å²) in [6.07, 6.45) is -3.46. The Balaban J connectivity index is 2.70. The summed E-state index contributed by atoms with van der Waals surface area (Å²) in [6.45, 7) is 1.61. The third kappa shape index (κ3) is 2.28. The summed E-state index contributed by atoms with van der Waals surface area (Å²) >= 11 is 0. The quantitative estimate of drug-likeness (QED) is 0.879. The molecule has 8 heteroatoms. The number of alkyl halides is 3. The molecule has 19 heavy (non-hydrogen) atoms. The third-order valence-corrected chi connectivity index (χ3v) is 2.50. The van der Waals surface area contributed by atoms with Gasteiger partial charge in [0, 0.05) is 6.20 Å². The number of H-pyrrole nitrogens is 1. The maximum atomic E-state index is 12.7. The van der Waals surface area contributed by atoms with Crippen molar-refractivity contribution in [2.24, 2.45) is 0 Å². The number of nitrogens with zero attached hydrogens (tertiary/aromatic N) is 2. The van der Waals surface area contributed by atoms with Gasteiger partial charge in [-0.05, 0) is 18.6 Å². The van der Waals surface area contributed by atoms with Gasteiger partial charge in [-0.3, -0.25) is 10.1 Å². The number of aromatic amines is 1. The highest BCUT2D eigenvalue weighted by molar-refractivity contribution is 5.96. The minimum Gasteiger partial charge on any atom is -0.478 e. The Morgan fingerprint density at radius 1 is 1.37 bits per heavy atom. The van der Waals surface area contributed by atoms with Gasteiger partial charge >= 0.3 is 12.1 Å². The number of aromatic carboxylic acids is 1. The van der Waals surface area contributed by atoms with E-state index in [9.17, 15) is 18.0 Å². The van der Waals surface area contributed by atoms with Gasteiger partial charge in [0.05, 0.1) is 5.69 Å². The molecular formula is C11H8F3N3O2. The van der Waals surface area contributed by atoms with Crippen LogP contribution >= 0.6 is 0 Å². The topological polar surface area (TPSA) is 78.9 Å². The molecule has 100 valence electrons. The Kier molecular flexibility index (Phi) is 3.01. The van der Waals surface area contributed by atoms with E-state index >= 15 is 0 Å². The van der Waals surface area contributed by atoms with Crippen LogP contribution in [0.1, 0.15) is 21.6 Å². The number of carbonyl (C=O) groups is 1. The van der Waals surface area contributed by atoms with Crippen molar-refractivity contribution in [2.45, 2.75) is 13.1 Å². The number of rotatable bonds is 2. The molecule has 0 aliphatic rings. The molecule has 2 aromatic heterocycles. The molecule has 0 saturated heterocycles. The van der Waals surface area contributed by atoms with Gasteiger partial charge in [-0.2, -0.15) is 18.3 Å². The second-order valence-corrected chi connectivity index (χ2v) is 3.79. The van der Waals surface area contributed by atoms with Gasteiger partial charge in [-0.15, -0.1) is 0 Å². The molecule has 2 rings (SSSR count). The molecule has 0 spiro atoms. The van der Waals surface area contributed by atoms with Gasteiger partial charge in [-0.1, -0.05) is 6.07 Å². The van der Waals surface area contributed by atoms with Crippen LogP contribution in [0.2, 0.25) is 0 Å². The van der Waals surface area contributed by atoms with Crippen LogP contribution in [0.25, 0.3) is 11.4 Å². The fourth-order valence-corrected chi connectivity index (χ4v) is 1.66. The van der Waals surface area contributed by atoms with Gasteiger partial charge in [0.2, 0.25) is 0 Å². The SMILES string of the molecule is Cc1cccnc1-c1n[nH]c(C(F)(F)F)c1C(=O)O. The molecule has 0 bridgehead atoms. The Morgan fingerprint density at radius 3 is 2.58 bits per heavy atom. The molecule has 5 nitrogen and oxygen atoms in total. The van der Waals surface area contributed by atoms with E-state index in [1.807, 2.05) is 0 Å². The summed E-state index contributed by atoms with van der Waals surface area (Å²) in [6, 6.07) is 3.20. The van der Waals surface area contributed by atoms with E-state index in [-0.39, 0.29) is 11.4 Å². The van der Waals surface area contributed by atoms with Crippen molar-refractivity contribution in [1.29, 1.82) is 0 Å². The van der Waals surface area contributed by atoms with Crippen LogP contribution in [0.5, 0.6) is 0 Å². The molecule has 0 atom stereocenters. The number of aryl methyl sites for hydroxylation is 1. The lowest BCUT2D eigenvalue weighted by Gasteiger charge is -2.05. The molecule has 0 saturated carbocycles. The second kappa shape index (κ2) is 4.38. The first kappa shape index (κ1) is 13.1. The summed E-state index contributed by atoms with van der Waals surface area (Å²) in [5.74, 6) is -1.71. The number of nitrogens with one attached hydrogen (secondary N) is 1. The van der Waals surface area contributed by atoms with Crippen LogP contribution in [-0.2, 0) is 6.18 Å². The molecule has 2 N–H and O–H groups in total. The molecule has 0 amide bonds. The minimum absolute atomic E-state index is 0.103. The third-order valence-electron chi connectivity index (χ3n) is 2.50. The number of hydrogen-bond acceptors (Lipinski definition) is 3. The van der Waals surface area contributed by atoms with Crippen LogP contribution in [0.3, 0.4) is 0 Å². The van der Waals surface area contributed by atoms with Crippen LogP contribution < -0.4 is 0 Å². The number of carboxylic acids is 1. The van der Waals surface area contributed by atoms with Crippen LogP contribution in [0.15, 0.2) is 18.3 Å². The summed E-state index contributed by atoms with van der Waals surface area (Å²) in [7, 11) is 0. The number of pyridine rings is 1. The first-order valence-electron chi connectivity index (χ1n) is 5.13. The average molecular weight is 271 g/mol. The zero-order valence-corrected chi connectivity index (χ0v) is 9.62. The molecule has 0 unspecified atom stereocenters. The fraction of sp³-hybridized carbons (Fsp3) is 0.182. The molecule has 0 aliphatic carbocycles. The lowest BCUT2D eigenvalue weighted by atomic mass is 10.1. The lowest BCUT2D eigenvalue weighted by molar-refractivity contribution is -0.141. The van der Waals surface area contributed by atoms with Crippen molar-refractivity contribution in [2.75, 3.05) is 0 Å². The monoisotopic (exact) mass is 271 g/mol. The highest BCUT2D eigenvalue weighted by Gasteiger charge is 2.40. The van der Waals surface area contributed by atoms with Crippen molar-refractivity contribution < 1.29 is 23.1 Å². The van der Waals surface area contributed by atoms with Crippen molar-refractivity contribution in [3.05, 3.63) is 35.2 Å². The zero-order chi connectivity index (χ0) is 14.2. The number of carboxylic acid groups (broad SMARTS) is 1. The van der Waals surface area contributed by atoms with Gasteiger partial charge in [0.15, 0.2) is 5.69 Å². The largest absolute Gasteiger partial charge is 0.478 e. The molecule has 0 radical (unpaired) electrons. The van der Waals surface area contributed by atoms with Crippen molar-refractivity contribution in [3.63, 3.8) is 0 Å². The van der Waals surface area contributed by atoms with E-state index in [1.165, 1.54) is 6.20 Å². The van der Waals surface area contributed by atoms with Crippen LogP contribution in [-0.4, -0.2) is 26.3 Å². The standard InChI is InChI=1S/C11H8F3N3O2/c1-5-3-2-4-15-7(5)8-6(10(18)19)9(17-16-8)11(12,13)14/h2-4H,1H3,(H,16,17)(H,18,19). The predicted molar refractivity (Wildman–Crippen MR) is 58.5 cm³/mol. The smallest absolute Gasteiger partial charge is 0.433 e. The summed E-state index contributed by atoms with van der Waals surface area (Å²) in [5.41, 5.74) is -2.00. The Morgan fingerprint density at radius 2 is 2.05 bits per heavy atom. The predicted octanol–water partition coefficient (Wildman–Crippen LogP) is 2.50. The maximum absolute atomic E-state index is 12.7. The minimum atomic E-state index is -4.82. The van der Waals surface area contributed by atoms with E-state index in [4.69, 9.17) is 5.11 Å². The second-order valence-electron chi connectivity index (χ2n) is 3.79. The van der Waals surface area contributed by atoms with Crippen molar-refractivity contribution in [3.8, 4) is 11.4 Å². The van der Waals surface area contributed by atoms with Gasteiger partial charge in [0.1, 0.15) is 11.3 Å². The van der Waals surface area contributed by atoms with Crippen molar-refractivity contribution >= 4 is 5.97 Å². The normalized spacial score (nSPS) is 11.6. The molecule has 0 fully saturated rings. The van der Waals surface area contributed by atoms with E-state index in [2.05, 4.69) is 10.1 Å². The van der Waals surface area contributed by atoms with E-state index in [0.717, 1.165) is 0 Å². The Labute approximate surface area is 105 Å².